The molecule has 5 rings (SSSR count). The van der Waals surface area contributed by atoms with Gasteiger partial charge in [0.05, 0.1) is 20.8 Å². The van der Waals surface area contributed by atoms with Crippen LogP contribution in [-0.4, -0.2) is 57.2 Å². The van der Waals surface area contributed by atoms with E-state index in [1.54, 1.807) is 37.4 Å². The van der Waals surface area contributed by atoms with E-state index in [0.717, 1.165) is 30.6 Å². The number of benzene rings is 2. The first-order chi connectivity index (χ1) is 19.9. The van der Waals surface area contributed by atoms with E-state index in [9.17, 15) is 14.0 Å². The minimum atomic E-state index is -0.973. The molecule has 1 unspecified atom stereocenters. The van der Waals surface area contributed by atoms with Crippen molar-refractivity contribution in [3.05, 3.63) is 76.2 Å². The summed E-state index contributed by atoms with van der Waals surface area (Å²) in [4.78, 5) is 31.3. The molecule has 4 aromatic rings. The molecule has 41 heavy (non-hydrogen) atoms. The second-order valence-electron chi connectivity index (χ2n) is 9.76. The standard InChI is InChI=1S/C29H31FN6O4S/c1-39-24-14-11-20(16-25(24)40-2)28-32-34-36(33-28)18-26(37)35(17-23-8-5-15-41-23)27(19-9-12-21(30)13-10-19)29(38)31-22-6-3-4-7-22/h5,8-16,22,27H,3-4,6-7,17-18H2,1-2H3,(H,31,38). The van der Waals surface area contributed by atoms with Gasteiger partial charge in [0, 0.05) is 16.5 Å². The smallest absolute Gasteiger partial charge is 0.247 e. The number of carbonyl (C=O) groups excluding carboxylic acids is 2. The number of hydrogen-bond acceptors (Lipinski definition) is 8. The fraction of sp³-hybridized carbons (Fsp3) is 0.345. The van der Waals surface area contributed by atoms with Gasteiger partial charge in [0.25, 0.3) is 0 Å². The Morgan fingerprint density at radius 2 is 1.85 bits per heavy atom. The normalized spacial score (nSPS) is 14.0. The van der Waals surface area contributed by atoms with E-state index in [0.29, 0.717) is 28.5 Å². The molecule has 2 heterocycles. The van der Waals surface area contributed by atoms with Crippen molar-refractivity contribution in [2.45, 2.75) is 50.9 Å². The average molecular weight is 579 g/mol. The average Bonchev–Trinajstić information content (AvgIpc) is 3.77. The Hall–Kier alpha value is -4.32. The van der Waals surface area contributed by atoms with Crippen molar-refractivity contribution in [1.29, 1.82) is 0 Å². The Morgan fingerprint density at radius 3 is 2.54 bits per heavy atom. The number of aromatic nitrogens is 4. The highest BCUT2D eigenvalue weighted by Crippen LogP contribution is 2.31. The maximum absolute atomic E-state index is 13.9. The topological polar surface area (TPSA) is 111 Å². The van der Waals surface area contributed by atoms with Crippen molar-refractivity contribution in [2.75, 3.05) is 14.2 Å². The minimum Gasteiger partial charge on any atom is -0.493 e. The van der Waals surface area contributed by atoms with Gasteiger partial charge in [-0.05, 0) is 65.4 Å². The number of halogens is 1. The summed E-state index contributed by atoms with van der Waals surface area (Å²) in [5.74, 6) is 0.268. The maximum atomic E-state index is 13.9. The summed E-state index contributed by atoms with van der Waals surface area (Å²) in [5, 5.41) is 17.6. The lowest BCUT2D eigenvalue weighted by atomic mass is 10.0. The molecule has 0 radical (unpaired) electrons. The molecule has 2 amide bonds. The van der Waals surface area contributed by atoms with Gasteiger partial charge in [-0.1, -0.05) is 31.0 Å². The number of hydrogen-bond donors (Lipinski definition) is 1. The van der Waals surface area contributed by atoms with E-state index in [2.05, 4.69) is 20.7 Å². The van der Waals surface area contributed by atoms with Crippen LogP contribution in [0.3, 0.4) is 0 Å². The van der Waals surface area contributed by atoms with Gasteiger partial charge in [0.2, 0.25) is 17.6 Å². The molecule has 0 saturated heterocycles. The van der Waals surface area contributed by atoms with Crippen LogP contribution in [0.15, 0.2) is 60.0 Å². The first-order valence-corrected chi connectivity index (χ1v) is 14.2. The molecular weight excluding hydrogens is 547 g/mol. The predicted molar refractivity (Wildman–Crippen MR) is 151 cm³/mol. The van der Waals surface area contributed by atoms with Gasteiger partial charge in [0.1, 0.15) is 18.4 Å². The third-order valence-corrected chi connectivity index (χ3v) is 7.91. The Labute approximate surface area is 241 Å². The minimum absolute atomic E-state index is 0.0465. The Kier molecular flexibility index (Phi) is 8.88. The van der Waals surface area contributed by atoms with Crippen LogP contribution in [0.2, 0.25) is 0 Å². The molecule has 1 fully saturated rings. The number of methoxy groups -OCH3 is 2. The first kappa shape index (κ1) is 28.2. The third kappa shape index (κ3) is 6.71. The van der Waals surface area contributed by atoms with E-state index in [-0.39, 0.29) is 30.9 Å². The van der Waals surface area contributed by atoms with Crippen LogP contribution in [0.4, 0.5) is 4.39 Å². The van der Waals surface area contributed by atoms with Gasteiger partial charge in [0.15, 0.2) is 11.5 Å². The van der Waals surface area contributed by atoms with Gasteiger partial charge in [-0.15, -0.1) is 21.5 Å². The van der Waals surface area contributed by atoms with Crippen molar-refractivity contribution in [3.8, 4) is 22.9 Å². The summed E-state index contributed by atoms with van der Waals surface area (Å²) in [7, 11) is 3.08. The molecule has 0 bridgehead atoms. The number of nitrogens with one attached hydrogen (secondary N) is 1. The van der Waals surface area contributed by atoms with Crippen LogP contribution < -0.4 is 14.8 Å². The second kappa shape index (κ2) is 12.9. The van der Waals surface area contributed by atoms with Gasteiger partial charge >= 0.3 is 0 Å². The summed E-state index contributed by atoms with van der Waals surface area (Å²) in [6.45, 7) is -0.0616. The first-order valence-electron chi connectivity index (χ1n) is 13.3. The van der Waals surface area contributed by atoms with Crippen molar-refractivity contribution in [3.63, 3.8) is 0 Å². The summed E-state index contributed by atoms with van der Waals surface area (Å²) in [5.41, 5.74) is 1.15. The monoisotopic (exact) mass is 578 g/mol. The summed E-state index contributed by atoms with van der Waals surface area (Å²) in [6, 6.07) is 13.8. The molecule has 1 aliphatic rings. The fourth-order valence-electron chi connectivity index (χ4n) is 4.97. The van der Waals surface area contributed by atoms with Gasteiger partial charge in [-0.25, -0.2) is 4.39 Å². The van der Waals surface area contributed by atoms with E-state index >= 15 is 0 Å². The maximum Gasteiger partial charge on any atom is 0.247 e. The third-order valence-electron chi connectivity index (χ3n) is 7.05. The zero-order valence-electron chi connectivity index (χ0n) is 22.8. The lowest BCUT2D eigenvalue weighted by Gasteiger charge is -2.32. The van der Waals surface area contributed by atoms with Gasteiger partial charge < -0.3 is 19.7 Å². The van der Waals surface area contributed by atoms with Crippen molar-refractivity contribution >= 4 is 23.2 Å². The molecule has 214 valence electrons. The molecule has 10 nitrogen and oxygen atoms in total. The largest absolute Gasteiger partial charge is 0.493 e. The van der Waals surface area contributed by atoms with Crippen LogP contribution in [0.25, 0.3) is 11.4 Å². The molecule has 1 saturated carbocycles. The van der Waals surface area contributed by atoms with Crippen LogP contribution in [-0.2, 0) is 22.7 Å². The molecule has 2 aromatic heterocycles. The van der Waals surface area contributed by atoms with Crippen LogP contribution in [0.5, 0.6) is 11.5 Å². The summed E-state index contributed by atoms with van der Waals surface area (Å²) >= 11 is 1.48. The number of nitrogens with zero attached hydrogens (tertiary/aromatic N) is 5. The number of carbonyl (C=O) groups is 2. The lowest BCUT2D eigenvalue weighted by molar-refractivity contribution is -0.142. The van der Waals surface area contributed by atoms with Crippen molar-refractivity contribution in [2.24, 2.45) is 0 Å². The lowest BCUT2D eigenvalue weighted by Crippen LogP contribution is -2.46. The highest BCUT2D eigenvalue weighted by atomic mass is 32.1. The zero-order chi connectivity index (χ0) is 28.8. The SMILES string of the molecule is COc1ccc(-c2nnn(CC(=O)N(Cc3cccs3)C(C(=O)NC3CCCC3)c3ccc(F)cc3)n2)cc1OC. The highest BCUT2D eigenvalue weighted by molar-refractivity contribution is 7.09. The second-order valence-corrected chi connectivity index (χ2v) is 10.8. The summed E-state index contributed by atoms with van der Waals surface area (Å²) in [6.07, 6.45) is 3.87. The molecule has 1 aliphatic carbocycles. The van der Waals surface area contributed by atoms with Crippen LogP contribution >= 0.6 is 11.3 Å². The number of rotatable bonds is 11. The van der Waals surface area contributed by atoms with E-state index in [1.165, 1.54) is 40.3 Å². The number of thiophene rings is 1. The van der Waals surface area contributed by atoms with Crippen molar-refractivity contribution in [1.82, 2.24) is 30.4 Å². The van der Waals surface area contributed by atoms with Gasteiger partial charge in [-0.2, -0.15) is 4.80 Å². The van der Waals surface area contributed by atoms with E-state index in [1.807, 2.05) is 17.5 Å². The molecule has 1 N–H and O–H groups in total. The zero-order valence-corrected chi connectivity index (χ0v) is 23.6. The molecule has 0 spiro atoms. The highest BCUT2D eigenvalue weighted by Gasteiger charge is 2.34. The summed E-state index contributed by atoms with van der Waals surface area (Å²) < 4.78 is 24.5. The quantitative estimate of drug-likeness (QED) is 0.281. The number of tetrazole rings is 1. The van der Waals surface area contributed by atoms with Gasteiger partial charge in [-0.3, -0.25) is 9.59 Å². The number of amides is 2. The van der Waals surface area contributed by atoms with E-state index < -0.39 is 11.9 Å². The Bertz CT molecular complexity index is 1470. The Balaban J connectivity index is 1.43. The van der Waals surface area contributed by atoms with Crippen molar-refractivity contribution < 1.29 is 23.5 Å². The molecular formula is C29H31FN6O4S. The molecule has 2 aromatic carbocycles. The molecule has 12 heteroatoms. The van der Waals surface area contributed by atoms with E-state index in [4.69, 9.17) is 9.47 Å². The number of ether oxygens (including phenoxy) is 2. The van der Waals surface area contributed by atoms with Crippen LogP contribution in [0.1, 0.15) is 42.2 Å². The fourth-order valence-corrected chi connectivity index (χ4v) is 5.68. The van der Waals surface area contributed by atoms with Crippen LogP contribution in [0, 0.1) is 5.82 Å². The molecule has 0 aliphatic heterocycles. The Morgan fingerprint density at radius 1 is 1.10 bits per heavy atom. The molecule has 1 atom stereocenters. The predicted octanol–water partition coefficient (Wildman–Crippen LogP) is 4.39.